The van der Waals surface area contributed by atoms with Gasteiger partial charge in [0.2, 0.25) is 0 Å². The van der Waals surface area contributed by atoms with E-state index < -0.39 is 5.82 Å². The van der Waals surface area contributed by atoms with E-state index in [1.54, 1.807) is 37.4 Å². The average Bonchev–Trinajstić information content (AvgIpc) is 2.37. The van der Waals surface area contributed by atoms with Gasteiger partial charge >= 0.3 is 0 Å². The quantitative estimate of drug-likeness (QED) is 0.806. The Bertz CT molecular complexity index is 559. The lowest BCUT2D eigenvalue weighted by atomic mass is 10.0. The molecule has 0 amide bonds. The Labute approximate surface area is 113 Å². The van der Waals surface area contributed by atoms with Crippen LogP contribution in [0.15, 0.2) is 46.9 Å². The van der Waals surface area contributed by atoms with E-state index in [0.717, 1.165) is 0 Å². The number of benzene rings is 2. The zero-order valence-electron chi connectivity index (χ0n) is 9.61. The van der Waals surface area contributed by atoms with Crippen molar-refractivity contribution in [1.29, 1.82) is 0 Å². The summed E-state index contributed by atoms with van der Waals surface area (Å²) < 4.78 is 18.8. The van der Waals surface area contributed by atoms with Crippen LogP contribution in [-0.2, 0) is 0 Å². The lowest BCUT2D eigenvalue weighted by molar-refractivity contribution is 0.103. The number of ether oxygens (including phenoxy) is 1. The monoisotopic (exact) mass is 308 g/mol. The van der Waals surface area contributed by atoms with Gasteiger partial charge < -0.3 is 4.74 Å². The van der Waals surface area contributed by atoms with Crippen molar-refractivity contribution in [1.82, 2.24) is 0 Å². The van der Waals surface area contributed by atoms with E-state index in [4.69, 9.17) is 4.74 Å². The number of halogens is 2. The Hall–Kier alpha value is -1.68. The van der Waals surface area contributed by atoms with Crippen molar-refractivity contribution in [2.75, 3.05) is 7.11 Å². The summed E-state index contributed by atoms with van der Waals surface area (Å²) in [4.78, 5) is 12.1. The van der Waals surface area contributed by atoms with Gasteiger partial charge in [-0.05, 0) is 42.5 Å². The molecule has 0 bridgehead atoms. The number of ketones is 1. The van der Waals surface area contributed by atoms with Crippen LogP contribution >= 0.6 is 15.9 Å². The first-order valence-corrected chi connectivity index (χ1v) is 6.04. The highest BCUT2D eigenvalue weighted by Crippen LogP contribution is 2.19. The van der Waals surface area contributed by atoms with Gasteiger partial charge in [0, 0.05) is 15.6 Å². The van der Waals surface area contributed by atoms with Gasteiger partial charge in [-0.15, -0.1) is 0 Å². The second-order valence-electron chi connectivity index (χ2n) is 3.72. The topological polar surface area (TPSA) is 26.3 Å². The second kappa shape index (κ2) is 5.31. The first-order valence-electron chi connectivity index (χ1n) is 5.25. The summed E-state index contributed by atoms with van der Waals surface area (Å²) in [7, 11) is 1.56. The number of hydrogen-bond donors (Lipinski definition) is 0. The van der Waals surface area contributed by atoms with Crippen molar-refractivity contribution in [3.05, 3.63) is 63.9 Å². The van der Waals surface area contributed by atoms with Gasteiger partial charge in [0.05, 0.1) is 7.11 Å². The van der Waals surface area contributed by atoms with Crippen LogP contribution in [0.4, 0.5) is 4.39 Å². The van der Waals surface area contributed by atoms with E-state index >= 15 is 0 Å². The maximum atomic E-state index is 13.2. The van der Waals surface area contributed by atoms with E-state index in [2.05, 4.69) is 15.9 Å². The molecule has 2 nitrogen and oxygen atoms in total. The van der Waals surface area contributed by atoms with Crippen LogP contribution in [0.2, 0.25) is 0 Å². The van der Waals surface area contributed by atoms with Crippen molar-refractivity contribution in [2.24, 2.45) is 0 Å². The average molecular weight is 309 g/mol. The molecule has 0 spiro atoms. The van der Waals surface area contributed by atoms with Crippen molar-refractivity contribution >= 4 is 21.7 Å². The number of methoxy groups -OCH3 is 1. The van der Waals surface area contributed by atoms with E-state index in [9.17, 15) is 9.18 Å². The third-order valence-electron chi connectivity index (χ3n) is 2.48. The molecule has 0 N–H and O–H groups in total. The highest BCUT2D eigenvalue weighted by molar-refractivity contribution is 9.10. The highest BCUT2D eigenvalue weighted by Gasteiger charge is 2.11. The van der Waals surface area contributed by atoms with Crippen LogP contribution in [0.5, 0.6) is 5.75 Å². The normalized spacial score (nSPS) is 10.2. The maximum Gasteiger partial charge on any atom is 0.193 e. The van der Waals surface area contributed by atoms with Crippen LogP contribution in [0.25, 0.3) is 0 Å². The molecular formula is C14H10BrFO2. The molecule has 0 radical (unpaired) electrons. The highest BCUT2D eigenvalue weighted by atomic mass is 79.9. The molecule has 0 saturated carbocycles. The largest absolute Gasteiger partial charge is 0.497 e. The fourth-order valence-electron chi connectivity index (χ4n) is 1.59. The van der Waals surface area contributed by atoms with Gasteiger partial charge in [-0.2, -0.15) is 0 Å². The molecule has 2 rings (SSSR count). The smallest absolute Gasteiger partial charge is 0.193 e. The van der Waals surface area contributed by atoms with Crippen LogP contribution in [0.1, 0.15) is 15.9 Å². The molecule has 18 heavy (non-hydrogen) atoms. The molecular weight excluding hydrogens is 299 g/mol. The van der Waals surface area contributed by atoms with Gasteiger partial charge in [0.1, 0.15) is 11.6 Å². The second-order valence-corrected chi connectivity index (χ2v) is 4.63. The Morgan fingerprint density at radius 3 is 2.33 bits per heavy atom. The third kappa shape index (κ3) is 2.76. The summed E-state index contributed by atoms with van der Waals surface area (Å²) in [5.41, 5.74) is 0.806. The third-order valence-corrected chi connectivity index (χ3v) is 2.93. The molecule has 2 aromatic rings. The Balaban J connectivity index is 2.34. The van der Waals surface area contributed by atoms with Crippen molar-refractivity contribution in [3.8, 4) is 5.75 Å². The molecule has 0 saturated heterocycles. The SMILES string of the molecule is COc1ccc(C(=O)c2cc(F)cc(Br)c2)cc1. The number of carbonyl (C=O) groups is 1. The zero-order valence-corrected chi connectivity index (χ0v) is 11.2. The maximum absolute atomic E-state index is 13.2. The lowest BCUT2D eigenvalue weighted by Crippen LogP contribution is -2.01. The molecule has 0 fully saturated rings. The predicted molar refractivity (Wildman–Crippen MR) is 70.5 cm³/mol. The minimum Gasteiger partial charge on any atom is -0.497 e. The molecule has 0 aromatic heterocycles. The Kier molecular flexibility index (Phi) is 3.77. The molecule has 2 aromatic carbocycles. The number of hydrogen-bond acceptors (Lipinski definition) is 2. The first-order chi connectivity index (χ1) is 8.60. The standard InChI is InChI=1S/C14H10BrFO2/c1-18-13-4-2-9(3-5-13)14(17)10-6-11(15)8-12(16)7-10/h2-8H,1H3. The summed E-state index contributed by atoms with van der Waals surface area (Å²) in [6.45, 7) is 0. The first kappa shape index (κ1) is 12.8. The van der Waals surface area contributed by atoms with Crippen molar-refractivity contribution in [2.45, 2.75) is 0 Å². The summed E-state index contributed by atoms with van der Waals surface area (Å²) in [6.07, 6.45) is 0. The van der Waals surface area contributed by atoms with E-state index in [-0.39, 0.29) is 5.78 Å². The van der Waals surface area contributed by atoms with Crippen LogP contribution in [0.3, 0.4) is 0 Å². The van der Waals surface area contributed by atoms with Crippen molar-refractivity contribution in [3.63, 3.8) is 0 Å². The zero-order chi connectivity index (χ0) is 13.1. The fraction of sp³-hybridized carbons (Fsp3) is 0.0714. The molecule has 0 aliphatic carbocycles. The van der Waals surface area contributed by atoms with Crippen LogP contribution < -0.4 is 4.74 Å². The van der Waals surface area contributed by atoms with Crippen LogP contribution in [0, 0.1) is 5.82 Å². The van der Waals surface area contributed by atoms with Crippen LogP contribution in [-0.4, -0.2) is 12.9 Å². The number of rotatable bonds is 3. The van der Waals surface area contributed by atoms with E-state index in [1.165, 1.54) is 12.1 Å². The molecule has 0 atom stereocenters. The van der Waals surface area contributed by atoms with Gasteiger partial charge in [0.15, 0.2) is 5.78 Å². The molecule has 4 heteroatoms. The molecule has 92 valence electrons. The van der Waals surface area contributed by atoms with E-state index in [0.29, 0.717) is 21.3 Å². The Morgan fingerprint density at radius 1 is 1.11 bits per heavy atom. The minimum atomic E-state index is -0.443. The lowest BCUT2D eigenvalue weighted by Gasteiger charge is -2.04. The minimum absolute atomic E-state index is 0.224. The van der Waals surface area contributed by atoms with Gasteiger partial charge in [-0.1, -0.05) is 15.9 Å². The Morgan fingerprint density at radius 2 is 1.78 bits per heavy atom. The van der Waals surface area contributed by atoms with Gasteiger partial charge in [0.25, 0.3) is 0 Å². The summed E-state index contributed by atoms with van der Waals surface area (Å²) >= 11 is 3.16. The molecule has 0 aliphatic heterocycles. The predicted octanol–water partition coefficient (Wildman–Crippen LogP) is 3.83. The van der Waals surface area contributed by atoms with Crippen molar-refractivity contribution < 1.29 is 13.9 Å². The summed E-state index contributed by atoms with van der Waals surface area (Å²) in [5.74, 6) is 0.00561. The summed E-state index contributed by atoms with van der Waals surface area (Å²) in [5, 5.41) is 0. The van der Waals surface area contributed by atoms with Gasteiger partial charge in [-0.25, -0.2) is 4.39 Å². The summed E-state index contributed by atoms with van der Waals surface area (Å²) in [6, 6.07) is 10.8. The molecule has 0 heterocycles. The fourth-order valence-corrected chi connectivity index (χ4v) is 2.06. The molecule has 0 aliphatic rings. The number of carbonyl (C=O) groups excluding carboxylic acids is 1. The van der Waals surface area contributed by atoms with Gasteiger partial charge in [-0.3, -0.25) is 4.79 Å². The molecule has 0 unspecified atom stereocenters. The van der Waals surface area contributed by atoms with E-state index in [1.807, 2.05) is 0 Å².